The second-order valence-corrected chi connectivity index (χ2v) is 5.05. The molecule has 10 heavy (non-hydrogen) atoms. The van der Waals surface area contributed by atoms with Gasteiger partial charge in [-0.1, -0.05) is 0 Å². The number of hydrogen-bond donors (Lipinski definition) is 0. The zero-order valence-electron chi connectivity index (χ0n) is 6.43. The summed E-state index contributed by atoms with van der Waals surface area (Å²) in [5.41, 5.74) is 0. The summed E-state index contributed by atoms with van der Waals surface area (Å²) in [6.45, 7) is 5.61. The van der Waals surface area contributed by atoms with Gasteiger partial charge in [0, 0.05) is 6.21 Å². The van der Waals surface area contributed by atoms with Gasteiger partial charge in [0.1, 0.15) is 11.0 Å². The minimum Gasteiger partial charge on any atom is -0.234 e. The summed E-state index contributed by atoms with van der Waals surface area (Å²) < 4.78 is 14.5. The number of alkyl halides is 1. The van der Waals surface area contributed by atoms with E-state index in [1.807, 2.05) is 20.8 Å². The first-order valence-corrected chi connectivity index (χ1v) is 4.63. The molecular weight excluding hydrogens is 170 g/mol. The summed E-state index contributed by atoms with van der Waals surface area (Å²) in [5, 5.41) is 0. The van der Waals surface area contributed by atoms with Crippen LogP contribution in [-0.2, 0) is 11.0 Å². The molecule has 0 saturated heterocycles. The largest absolute Gasteiger partial charge is 0.234 e. The lowest BCUT2D eigenvalue weighted by Crippen LogP contribution is -2.19. The molecule has 0 aromatic rings. The summed E-state index contributed by atoms with van der Waals surface area (Å²) in [6.07, 6.45) is 1.46. The molecule has 1 unspecified atom stereocenters. The van der Waals surface area contributed by atoms with Crippen LogP contribution in [0.15, 0.2) is 4.40 Å². The van der Waals surface area contributed by atoms with Crippen LogP contribution < -0.4 is 0 Å². The number of halogens is 1. The van der Waals surface area contributed by atoms with Gasteiger partial charge in [0.05, 0.1) is 10.6 Å². The van der Waals surface area contributed by atoms with Gasteiger partial charge in [-0.3, -0.25) is 0 Å². The van der Waals surface area contributed by atoms with Crippen LogP contribution in [0.3, 0.4) is 0 Å². The van der Waals surface area contributed by atoms with Crippen LogP contribution in [0.4, 0.5) is 0 Å². The van der Waals surface area contributed by atoms with Crippen molar-refractivity contribution in [1.82, 2.24) is 0 Å². The van der Waals surface area contributed by atoms with Crippen molar-refractivity contribution in [1.29, 1.82) is 0 Å². The van der Waals surface area contributed by atoms with Gasteiger partial charge < -0.3 is 0 Å². The molecule has 0 heterocycles. The summed E-state index contributed by atoms with van der Waals surface area (Å²) in [5.74, 6) is 0.321. The van der Waals surface area contributed by atoms with E-state index in [1.54, 1.807) is 0 Å². The van der Waals surface area contributed by atoms with Gasteiger partial charge in [-0.25, -0.2) is 4.21 Å². The predicted octanol–water partition coefficient (Wildman–Crippen LogP) is 1.76. The molecule has 0 aromatic heterocycles. The highest BCUT2D eigenvalue weighted by molar-refractivity contribution is 7.85. The molecule has 0 aliphatic carbocycles. The van der Waals surface area contributed by atoms with Gasteiger partial charge in [-0.15, -0.1) is 11.6 Å². The zero-order valence-corrected chi connectivity index (χ0v) is 8.00. The fourth-order valence-electron chi connectivity index (χ4n) is 0.254. The van der Waals surface area contributed by atoms with Gasteiger partial charge in [-0.05, 0) is 20.8 Å². The fourth-order valence-corrected chi connectivity index (χ4v) is 0.931. The molecule has 0 spiro atoms. The molecular formula is C6H12ClNOS. The van der Waals surface area contributed by atoms with E-state index >= 15 is 0 Å². The van der Waals surface area contributed by atoms with Crippen LogP contribution in [0.25, 0.3) is 0 Å². The second kappa shape index (κ2) is 4.09. The van der Waals surface area contributed by atoms with E-state index in [-0.39, 0.29) is 4.75 Å². The maximum atomic E-state index is 11.1. The molecule has 0 amide bonds. The molecule has 2 nitrogen and oxygen atoms in total. The first-order chi connectivity index (χ1) is 4.48. The Labute approximate surface area is 69.3 Å². The topological polar surface area (TPSA) is 29.4 Å². The third-order valence-electron chi connectivity index (χ3n) is 0.763. The SMILES string of the molecule is CC(C)(C)S(=O)/N=C/CCl. The van der Waals surface area contributed by atoms with Gasteiger partial charge in [0.25, 0.3) is 0 Å². The van der Waals surface area contributed by atoms with Gasteiger partial charge in [0.15, 0.2) is 0 Å². The van der Waals surface area contributed by atoms with Crippen molar-refractivity contribution in [3.8, 4) is 0 Å². The smallest absolute Gasteiger partial charge is 0.144 e. The fraction of sp³-hybridized carbons (Fsp3) is 0.833. The molecule has 0 radical (unpaired) electrons. The molecule has 0 aromatic carbocycles. The van der Waals surface area contributed by atoms with E-state index in [0.29, 0.717) is 5.88 Å². The highest BCUT2D eigenvalue weighted by atomic mass is 35.5. The lowest BCUT2D eigenvalue weighted by Gasteiger charge is -2.12. The minimum atomic E-state index is -1.15. The van der Waals surface area contributed by atoms with E-state index < -0.39 is 11.0 Å². The van der Waals surface area contributed by atoms with Gasteiger partial charge in [0.2, 0.25) is 0 Å². The van der Waals surface area contributed by atoms with Crippen molar-refractivity contribution >= 4 is 28.8 Å². The van der Waals surface area contributed by atoms with E-state index in [1.165, 1.54) is 6.21 Å². The molecule has 0 aliphatic heterocycles. The normalized spacial score (nSPS) is 16.0. The summed E-state index contributed by atoms with van der Waals surface area (Å²) in [4.78, 5) is 0. The Balaban J connectivity index is 3.98. The Morgan fingerprint density at radius 2 is 2.10 bits per heavy atom. The Bertz CT molecular complexity index is 150. The van der Waals surface area contributed by atoms with E-state index in [0.717, 1.165) is 0 Å². The summed E-state index contributed by atoms with van der Waals surface area (Å²) in [7, 11) is -1.15. The molecule has 0 aliphatic rings. The first-order valence-electron chi connectivity index (χ1n) is 2.99. The predicted molar refractivity (Wildman–Crippen MR) is 47.1 cm³/mol. The molecule has 0 rings (SSSR count). The first kappa shape index (κ1) is 10.1. The van der Waals surface area contributed by atoms with Crippen LogP contribution >= 0.6 is 11.6 Å². The Hall–Kier alpha value is 0.110. The van der Waals surface area contributed by atoms with E-state index in [4.69, 9.17) is 11.6 Å². The van der Waals surface area contributed by atoms with Crippen molar-refractivity contribution in [3.63, 3.8) is 0 Å². The monoisotopic (exact) mass is 181 g/mol. The quantitative estimate of drug-likeness (QED) is 0.472. The van der Waals surface area contributed by atoms with E-state index in [9.17, 15) is 4.21 Å². The third kappa shape index (κ3) is 4.01. The average Bonchev–Trinajstić information content (AvgIpc) is 1.80. The van der Waals surface area contributed by atoms with Crippen molar-refractivity contribution in [2.24, 2.45) is 4.40 Å². The van der Waals surface area contributed by atoms with Crippen molar-refractivity contribution in [2.45, 2.75) is 25.5 Å². The molecule has 0 fully saturated rings. The second-order valence-electron chi connectivity index (χ2n) is 2.80. The molecule has 0 bridgehead atoms. The maximum Gasteiger partial charge on any atom is 0.144 e. The van der Waals surface area contributed by atoms with Gasteiger partial charge in [-0.2, -0.15) is 4.40 Å². The molecule has 0 saturated carbocycles. The Morgan fingerprint density at radius 1 is 1.60 bits per heavy atom. The zero-order chi connectivity index (χ0) is 8.20. The van der Waals surface area contributed by atoms with Crippen LogP contribution in [0.5, 0.6) is 0 Å². The van der Waals surface area contributed by atoms with E-state index in [2.05, 4.69) is 4.40 Å². The standard InChI is InChI=1S/C6H12ClNOS/c1-6(2,3)10(9)8-5-4-7/h5H,4H2,1-3H3/b8-5+. The van der Waals surface area contributed by atoms with Crippen molar-refractivity contribution in [3.05, 3.63) is 0 Å². The van der Waals surface area contributed by atoms with Gasteiger partial charge >= 0.3 is 0 Å². The lowest BCUT2D eigenvalue weighted by atomic mass is 10.3. The van der Waals surface area contributed by atoms with Crippen LogP contribution in [0, 0.1) is 0 Å². The Morgan fingerprint density at radius 3 is 2.40 bits per heavy atom. The number of nitrogens with zero attached hydrogens (tertiary/aromatic N) is 1. The summed E-state index contributed by atoms with van der Waals surface area (Å²) >= 11 is 5.31. The number of rotatable bonds is 2. The highest BCUT2D eigenvalue weighted by Gasteiger charge is 2.17. The molecule has 1 atom stereocenters. The van der Waals surface area contributed by atoms with Crippen LogP contribution in [-0.4, -0.2) is 21.1 Å². The highest BCUT2D eigenvalue weighted by Crippen LogP contribution is 2.11. The minimum absolute atomic E-state index is 0.275. The maximum absolute atomic E-state index is 11.1. The van der Waals surface area contributed by atoms with Crippen molar-refractivity contribution in [2.75, 3.05) is 5.88 Å². The van der Waals surface area contributed by atoms with Crippen LogP contribution in [0.2, 0.25) is 0 Å². The average molecular weight is 182 g/mol. The van der Waals surface area contributed by atoms with Crippen molar-refractivity contribution < 1.29 is 4.21 Å². The summed E-state index contributed by atoms with van der Waals surface area (Å²) in [6, 6.07) is 0. The molecule has 60 valence electrons. The lowest BCUT2D eigenvalue weighted by molar-refractivity contribution is 0.651. The number of hydrogen-bond acceptors (Lipinski definition) is 1. The Kier molecular flexibility index (Phi) is 4.13. The molecule has 0 N–H and O–H groups in total. The third-order valence-corrected chi connectivity index (χ3v) is 2.29. The van der Waals surface area contributed by atoms with Crippen LogP contribution in [0.1, 0.15) is 20.8 Å². The molecule has 4 heteroatoms.